The van der Waals surface area contributed by atoms with Gasteiger partial charge in [-0.25, -0.2) is 0 Å². The van der Waals surface area contributed by atoms with Gasteiger partial charge in [0, 0.05) is 12.8 Å². The summed E-state index contributed by atoms with van der Waals surface area (Å²) in [5, 5.41) is 15.9. The summed E-state index contributed by atoms with van der Waals surface area (Å²) in [6.07, 6.45) is 1.16. The van der Waals surface area contributed by atoms with Crippen molar-refractivity contribution in [1.29, 1.82) is 0 Å². The molecule has 0 aliphatic heterocycles. The van der Waals surface area contributed by atoms with Crippen LogP contribution in [0, 0.1) is 5.92 Å². The van der Waals surface area contributed by atoms with Crippen LogP contribution in [0.2, 0.25) is 0 Å². The van der Waals surface area contributed by atoms with Crippen LogP contribution in [0.4, 0.5) is 0 Å². The van der Waals surface area contributed by atoms with Crippen LogP contribution < -0.4 is 0 Å². The molecule has 0 spiro atoms. The molecule has 0 N–H and O–H groups in total. The number of nitrogens with zero attached hydrogens (tertiary/aromatic N) is 6. The van der Waals surface area contributed by atoms with Crippen LogP contribution in [-0.2, 0) is 0 Å². The van der Waals surface area contributed by atoms with Crippen LogP contribution in [0.3, 0.4) is 0 Å². The quantitative estimate of drug-likeness (QED) is 0.542. The molecule has 27 heavy (non-hydrogen) atoms. The largest absolute Gasteiger partial charge is 0.273 e. The molecule has 0 saturated carbocycles. The van der Waals surface area contributed by atoms with Gasteiger partial charge in [-0.05, 0) is 36.6 Å². The Morgan fingerprint density at radius 3 is 1.96 bits per heavy atom. The van der Waals surface area contributed by atoms with Crippen molar-refractivity contribution in [1.82, 2.24) is 30.0 Å². The molecule has 8 nitrogen and oxygen atoms in total. The molecule has 136 valence electrons. The van der Waals surface area contributed by atoms with E-state index in [1.54, 1.807) is 0 Å². The lowest BCUT2D eigenvalue weighted by Gasteiger charge is -2.10. The van der Waals surface area contributed by atoms with Crippen LogP contribution >= 0.6 is 0 Å². The zero-order chi connectivity index (χ0) is 18.8. The molecule has 0 saturated heterocycles. The predicted molar refractivity (Wildman–Crippen MR) is 99.3 cm³/mol. The molecule has 0 fully saturated rings. The summed E-state index contributed by atoms with van der Waals surface area (Å²) in [6, 6.07) is 14.7. The van der Waals surface area contributed by atoms with Crippen molar-refractivity contribution in [2.24, 2.45) is 5.92 Å². The van der Waals surface area contributed by atoms with E-state index < -0.39 is 0 Å². The molecule has 4 aromatic rings. The van der Waals surface area contributed by atoms with Crippen molar-refractivity contribution in [3.63, 3.8) is 0 Å². The average molecular weight is 362 g/mol. The number of carbonyl (C=O) groups is 2. The first-order valence-corrected chi connectivity index (χ1v) is 8.81. The number of hydrogen-bond donors (Lipinski definition) is 0. The van der Waals surface area contributed by atoms with Crippen molar-refractivity contribution in [2.75, 3.05) is 0 Å². The summed E-state index contributed by atoms with van der Waals surface area (Å²) in [4.78, 5) is 25.0. The lowest BCUT2D eigenvalue weighted by Crippen LogP contribution is -2.18. The van der Waals surface area contributed by atoms with Crippen LogP contribution in [0.1, 0.15) is 35.8 Å². The maximum atomic E-state index is 12.5. The summed E-state index contributed by atoms with van der Waals surface area (Å²) >= 11 is 0. The zero-order valence-corrected chi connectivity index (χ0v) is 14.8. The van der Waals surface area contributed by atoms with Gasteiger partial charge >= 0.3 is 0 Å². The summed E-state index contributed by atoms with van der Waals surface area (Å²) in [6.45, 7) is 1.95. The van der Waals surface area contributed by atoms with Crippen molar-refractivity contribution < 1.29 is 9.59 Å². The van der Waals surface area contributed by atoms with Crippen molar-refractivity contribution >= 4 is 33.9 Å². The molecule has 4 rings (SSSR count). The van der Waals surface area contributed by atoms with E-state index in [9.17, 15) is 9.59 Å². The lowest BCUT2D eigenvalue weighted by molar-refractivity contribution is 0.0838. The van der Waals surface area contributed by atoms with Gasteiger partial charge in [0.1, 0.15) is 11.0 Å². The summed E-state index contributed by atoms with van der Waals surface area (Å²) in [5.41, 5.74) is 2.76. The zero-order valence-electron chi connectivity index (χ0n) is 14.8. The SMILES string of the molecule is C[C@@H](CCC(=O)n1nnc2ccccc21)CC(=O)n1nnc2ccccc21. The molecule has 0 unspecified atom stereocenters. The first-order chi connectivity index (χ1) is 13.1. The van der Waals surface area contributed by atoms with Gasteiger partial charge in [-0.2, -0.15) is 9.36 Å². The van der Waals surface area contributed by atoms with Gasteiger partial charge < -0.3 is 0 Å². The monoisotopic (exact) mass is 362 g/mol. The molecule has 0 radical (unpaired) electrons. The third-order valence-corrected chi connectivity index (χ3v) is 4.55. The van der Waals surface area contributed by atoms with E-state index in [2.05, 4.69) is 20.6 Å². The van der Waals surface area contributed by atoms with E-state index in [1.807, 2.05) is 55.5 Å². The minimum atomic E-state index is -0.130. The van der Waals surface area contributed by atoms with Gasteiger partial charge in [0.25, 0.3) is 0 Å². The standard InChI is InChI=1S/C19H18N6O2/c1-13(12-19(27)25-17-9-5-3-7-15(17)21-23-25)10-11-18(26)24-16-8-4-2-6-14(16)20-22-24/h2-9,13H,10-12H2,1H3/t13-/m0/s1. The van der Waals surface area contributed by atoms with Gasteiger partial charge in [-0.15, -0.1) is 10.2 Å². The third-order valence-electron chi connectivity index (χ3n) is 4.55. The summed E-state index contributed by atoms with van der Waals surface area (Å²) in [7, 11) is 0. The normalized spacial score (nSPS) is 12.5. The van der Waals surface area contributed by atoms with Gasteiger partial charge in [-0.3, -0.25) is 9.59 Å². The van der Waals surface area contributed by atoms with E-state index in [1.165, 1.54) is 9.36 Å². The second-order valence-corrected chi connectivity index (χ2v) is 6.62. The summed E-state index contributed by atoms with van der Waals surface area (Å²) < 4.78 is 2.66. The molecule has 2 aromatic carbocycles. The predicted octanol–water partition coefficient (Wildman–Crippen LogP) is 2.96. The molecule has 0 bridgehead atoms. The minimum Gasteiger partial charge on any atom is -0.273 e. The Hall–Kier alpha value is -3.42. The number of hydrogen-bond acceptors (Lipinski definition) is 6. The Morgan fingerprint density at radius 2 is 1.37 bits per heavy atom. The van der Waals surface area contributed by atoms with Crippen LogP contribution in [0.25, 0.3) is 22.1 Å². The van der Waals surface area contributed by atoms with E-state index in [0.29, 0.717) is 41.3 Å². The first-order valence-electron chi connectivity index (χ1n) is 8.81. The third kappa shape index (κ3) is 3.33. The van der Waals surface area contributed by atoms with Crippen LogP contribution in [0.5, 0.6) is 0 Å². The number of benzene rings is 2. The minimum absolute atomic E-state index is 0.0270. The number of rotatable bonds is 5. The fraction of sp³-hybridized carbons (Fsp3) is 0.263. The highest BCUT2D eigenvalue weighted by molar-refractivity contribution is 5.89. The van der Waals surface area contributed by atoms with Crippen molar-refractivity contribution in [3.8, 4) is 0 Å². The van der Waals surface area contributed by atoms with E-state index in [0.717, 1.165) is 0 Å². The highest BCUT2D eigenvalue weighted by atomic mass is 16.2. The Labute approximate surface area is 154 Å². The van der Waals surface area contributed by atoms with Crippen molar-refractivity contribution in [3.05, 3.63) is 48.5 Å². The molecule has 0 aliphatic carbocycles. The maximum absolute atomic E-state index is 12.5. The number of fused-ring (bicyclic) bond motifs is 2. The maximum Gasteiger partial charge on any atom is 0.249 e. The molecular formula is C19H18N6O2. The van der Waals surface area contributed by atoms with Gasteiger partial charge in [-0.1, -0.05) is 41.6 Å². The average Bonchev–Trinajstić information content (AvgIpc) is 3.30. The Kier molecular flexibility index (Phi) is 4.45. The highest BCUT2D eigenvalue weighted by Crippen LogP contribution is 2.17. The fourth-order valence-corrected chi connectivity index (χ4v) is 3.07. The van der Waals surface area contributed by atoms with Crippen LogP contribution in [-0.4, -0.2) is 41.8 Å². The topological polar surface area (TPSA) is 95.6 Å². The van der Waals surface area contributed by atoms with E-state index in [4.69, 9.17) is 0 Å². The molecular weight excluding hydrogens is 344 g/mol. The molecule has 0 aliphatic rings. The first kappa shape index (κ1) is 17.0. The number of aromatic nitrogens is 6. The Bertz CT molecular complexity index is 1130. The van der Waals surface area contributed by atoms with Gasteiger partial charge in [0.2, 0.25) is 11.8 Å². The van der Waals surface area contributed by atoms with Gasteiger partial charge in [0.15, 0.2) is 0 Å². The molecule has 0 amide bonds. The van der Waals surface area contributed by atoms with Crippen LogP contribution in [0.15, 0.2) is 48.5 Å². The molecule has 2 heterocycles. The number of para-hydroxylation sites is 2. The second kappa shape index (κ2) is 7.06. The second-order valence-electron chi connectivity index (χ2n) is 6.62. The van der Waals surface area contributed by atoms with Gasteiger partial charge in [0.05, 0.1) is 11.0 Å². The Morgan fingerprint density at radius 1 is 0.852 bits per heavy atom. The highest BCUT2D eigenvalue weighted by Gasteiger charge is 2.17. The molecule has 8 heteroatoms. The lowest BCUT2D eigenvalue weighted by atomic mass is 10.0. The van der Waals surface area contributed by atoms with Crippen molar-refractivity contribution in [2.45, 2.75) is 26.2 Å². The Balaban J connectivity index is 1.38. The van der Waals surface area contributed by atoms with E-state index >= 15 is 0 Å². The fourth-order valence-electron chi connectivity index (χ4n) is 3.07. The molecule has 2 aromatic heterocycles. The molecule has 1 atom stereocenters. The number of carbonyl (C=O) groups excluding carboxylic acids is 2. The smallest absolute Gasteiger partial charge is 0.249 e. The van der Waals surface area contributed by atoms with E-state index in [-0.39, 0.29) is 17.7 Å². The summed E-state index contributed by atoms with van der Waals surface area (Å²) in [5.74, 6) is -0.233.